The highest BCUT2D eigenvalue weighted by Crippen LogP contribution is 2.25. The molecular formula is C11H19ClN2OS. The molecule has 0 amide bonds. The zero-order valence-corrected chi connectivity index (χ0v) is 11.0. The fraction of sp³-hybridized carbons (Fsp3) is 0.636. The lowest BCUT2D eigenvalue weighted by molar-refractivity contribution is 0.274. The number of rotatable bonds is 7. The Hall–Kier alpha value is -0.130. The second-order valence-electron chi connectivity index (χ2n) is 3.89. The third-order valence-corrected chi connectivity index (χ3v) is 3.84. The maximum Gasteiger partial charge on any atom is 0.0541 e. The van der Waals surface area contributed by atoms with Crippen LogP contribution in [0.4, 0.5) is 0 Å². The van der Waals surface area contributed by atoms with Gasteiger partial charge in [-0.15, -0.1) is 11.3 Å². The van der Waals surface area contributed by atoms with Crippen LogP contribution in [0.5, 0.6) is 0 Å². The number of halogens is 1. The number of thiophene rings is 1. The molecule has 16 heavy (non-hydrogen) atoms. The average molecular weight is 263 g/mol. The molecule has 0 saturated carbocycles. The molecule has 0 spiro atoms. The largest absolute Gasteiger partial charge is 0.396 e. The van der Waals surface area contributed by atoms with Crippen LogP contribution in [0.1, 0.15) is 30.7 Å². The first kappa shape index (κ1) is 13.9. The average Bonchev–Trinajstić information content (AvgIpc) is 2.69. The molecule has 2 unspecified atom stereocenters. The summed E-state index contributed by atoms with van der Waals surface area (Å²) in [5.74, 6) is 0. The highest BCUT2D eigenvalue weighted by atomic mass is 35.5. The lowest BCUT2D eigenvalue weighted by Crippen LogP contribution is -2.34. The van der Waals surface area contributed by atoms with E-state index in [0.717, 1.165) is 17.9 Å². The molecule has 0 aliphatic heterocycles. The van der Waals surface area contributed by atoms with E-state index in [-0.39, 0.29) is 12.6 Å². The van der Waals surface area contributed by atoms with Crippen LogP contribution in [0.15, 0.2) is 11.4 Å². The van der Waals surface area contributed by atoms with E-state index in [1.807, 2.05) is 11.4 Å². The molecule has 1 rings (SSSR count). The Morgan fingerprint density at radius 1 is 1.62 bits per heavy atom. The minimum absolute atomic E-state index is 0.159. The zero-order chi connectivity index (χ0) is 12.0. The van der Waals surface area contributed by atoms with Crippen LogP contribution in [0.3, 0.4) is 0 Å². The van der Waals surface area contributed by atoms with Gasteiger partial charge in [-0.1, -0.05) is 11.6 Å². The van der Waals surface area contributed by atoms with Crippen LogP contribution in [0.2, 0.25) is 5.02 Å². The number of nitrogens with one attached hydrogen (secondary N) is 1. The normalized spacial score (nSPS) is 15.0. The minimum atomic E-state index is 0.159. The van der Waals surface area contributed by atoms with Crippen LogP contribution in [-0.2, 0) is 0 Å². The van der Waals surface area contributed by atoms with E-state index in [1.54, 1.807) is 11.3 Å². The lowest BCUT2D eigenvalue weighted by Gasteiger charge is -2.21. The van der Waals surface area contributed by atoms with Crippen molar-refractivity contribution in [3.05, 3.63) is 21.3 Å². The predicted octanol–water partition coefficient (Wildman–Crippen LogP) is 2.15. The maximum atomic E-state index is 8.76. The van der Waals surface area contributed by atoms with Gasteiger partial charge in [0.1, 0.15) is 0 Å². The maximum absolute atomic E-state index is 8.76. The summed E-state index contributed by atoms with van der Waals surface area (Å²) in [6.07, 6.45) is 1.77. The Morgan fingerprint density at radius 2 is 2.38 bits per heavy atom. The van der Waals surface area contributed by atoms with Crippen LogP contribution >= 0.6 is 22.9 Å². The van der Waals surface area contributed by atoms with Gasteiger partial charge in [-0.2, -0.15) is 0 Å². The van der Waals surface area contributed by atoms with E-state index < -0.39 is 0 Å². The molecule has 1 heterocycles. The van der Waals surface area contributed by atoms with Gasteiger partial charge in [-0.3, -0.25) is 0 Å². The topological polar surface area (TPSA) is 58.3 Å². The van der Waals surface area contributed by atoms with Crippen molar-refractivity contribution in [3.8, 4) is 0 Å². The van der Waals surface area contributed by atoms with Crippen molar-refractivity contribution in [1.29, 1.82) is 0 Å². The number of aliphatic hydroxyl groups excluding tert-OH is 1. The Labute approximate surface area is 106 Å². The summed E-state index contributed by atoms with van der Waals surface area (Å²) < 4.78 is 0. The van der Waals surface area contributed by atoms with Gasteiger partial charge in [0.15, 0.2) is 0 Å². The smallest absolute Gasteiger partial charge is 0.0541 e. The molecule has 1 aromatic rings. The Morgan fingerprint density at radius 3 is 2.88 bits per heavy atom. The van der Waals surface area contributed by atoms with Crippen molar-refractivity contribution in [2.75, 3.05) is 13.2 Å². The first-order valence-electron chi connectivity index (χ1n) is 5.48. The van der Waals surface area contributed by atoms with E-state index in [4.69, 9.17) is 22.4 Å². The molecule has 0 aliphatic carbocycles. The summed E-state index contributed by atoms with van der Waals surface area (Å²) in [5.41, 5.74) is 5.74. The summed E-state index contributed by atoms with van der Waals surface area (Å²) in [7, 11) is 0. The molecule has 1 aromatic heterocycles. The van der Waals surface area contributed by atoms with Gasteiger partial charge in [0.05, 0.1) is 11.1 Å². The van der Waals surface area contributed by atoms with Crippen molar-refractivity contribution >= 4 is 22.9 Å². The lowest BCUT2D eigenvalue weighted by atomic mass is 10.1. The molecule has 0 aromatic carbocycles. The fourth-order valence-corrected chi connectivity index (χ4v) is 2.76. The molecule has 0 aliphatic rings. The molecular weight excluding hydrogens is 244 g/mol. The molecule has 0 saturated heterocycles. The summed E-state index contributed by atoms with van der Waals surface area (Å²) >= 11 is 7.51. The molecule has 5 heteroatoms. The predicted molar refractivity (Wildman–Crippen MR) is 70.0 cm³/mol. The first-order chi connectivity index (χ1) is 7.67. The Balaban J connectivity index is 2.48. The second kappa shape index (κ2) is 7.25. The van der Waals surface area contributed by atoms with Gasteiger partial charge >= 0.3 is 0 Å². The number of nitrogens with two attached hydrogens (primary N) is 1. The molecule has 0 bridgehead atoms. The standard InChI is InChI=1S/C11H19ClN2OS/c1-8(3-2-4-15)14-10(6-13)11-5-9(12)7-16-11/h5,7-8,10,14-15H,2-4,6,13H2,1H3. The van der Waals surface area contributed by atoms with E-state index in [0.29, 0.717) is 12.6 Å². The van der Waals surface area contributed by atoms with Crippen molar-refractivity contribution < 1.29 is 5.11 Å². The van der Waals surface area contributed by atoms with Crippen LogP contribution in [-0.4, -0.2) is 24.3 Å². The Bertz CT molecular complexity index is 306. The highest BCUT2D eigenvalue weighted by molar-refractivity contribution is 7.10. The van der Waals surface area contributed by atoms with Crippen molar-refractivity contribution in [2.24, 2.45) is 5.73 Å². The van der Waals surface area contributed by atoms with Gasteiger partial charge in [0.25, 0.3) is 0 Å². The SMILES string of the molecule is CC(CCCO)NC(CN)c1cc(Cl)cs1. The van der Waals surface area contributed by atoms with Gasteiger partial charge < -0.3 is 16.2 Å². The van der Waals surface area contributed by atoms with E-state index >= 15 is 0 Å². The van der Waals surface area contributed by atoms with E-state index in [9.17, 15) is 0 Å². The number of hydrogen-bond acceptors (Lipinski definition) is 4. The van der Waals surface area contributed by atoms with Gasteiger partial charge in [-0.05, 0) is 25.8 Å². The molecule has 2 atom stereocenters. The minimum Gasteiger partial charge on any atom is -0.396 e. The summed E-state index contributed by atoms with van der Waals surface area (Å²) in [6.45, 7) is 2.90. The second-order valence-corrected chi connectivity index (χ2v) is 5.27. The Kier molecular flexibility index (Phi) is 6.31. The van der Waals surface area contributed by atoms with Crippen molar-refractivity contribution in [3.63, 3.8) is 0 Å². The van der Waals surface area contributed by atoms with E-state index in [1.165, 1.54) is 4.88 Å². The van der Waals surface area contributed by atoms with Crippen LogP contribution < -0.4 is 11.1 Å². The van der Waals surface area contributed by atoms with E-state index in [2.05, 4.69) is 12.2 Å². The molecule has 92 valence electrons. The quantitative estimate of drug-likeness (QED) is 0.706. The molecule has 0 radical (unpaired) electrons. The third-order valence-electron chi connectivity index (χ3n) is 2.45. The molecule has 0 fully saturated rings. The zero-order valence-electron chi connectivity index (χ0n) is 9.45. The molecule has 4 N–H and O–H groups in total. The van der Waals surface area contributed by atoms with Gasteiger partial charge in [-0.25, -0.2) is 0 Å². The molecule has 3 nitrogen and oxygen atoms in total. The van der Waals surface area contributed by atoms with Crippen LogP contribution in [0.25, 0.3) is 0 Å². The summed E-state index contributed by atoms with van der Waals surface area (Å²) in [5, 5.41) is 14.9. The van der Waals surface area contributed by atoms with Gasteiger partial charge in [0.2, 0.25) is 0 Å². The summed E-state index contributed by atoms with van der Waals surface area (Å²) in [6, 6.07) is 2.46. The number of hydrogen-bond donors (Lipinski definition) is 3. The third kappa shape index (κ3) is 4.39. The highest BCUT2D eigenvalue weighted by Gasteiger charge is 2.14. The fourth-order valence-electron chi connectivity index (χ4n) is 1.60. The monoisotopic (exact) mass is 262 g/mol. The number of aliphatic hydroxyl groups is 1. The van der Waals surface area contributed by atoms with Crippen molar-refractivity contribution in [1.82, 2.24) is 5.32 Å². The van der Waals surface area contributed by atoms with Gasteiger partial charge in [0, 0.05) is 29.5 Å². The first-order valence-corrected chi connectivity index (χ1v) is 6.74. The van der Waals surface area contributed by atoms with Crippen molar-refractivity contribution in [2.45, 2.75) is 31.8 Å². The van der Waals surface area contributed by atoms with Crippen LogP contribution in [0, 0.1) is 0 Å². The summed E-state index contributed by atoms with van der Waals surface area (Å²) in [4.78, 5) is 1.17.